The molecule has 0 saturated heterocycles. The minimum atomic E-state index is -0.406. The maximum atomic E-state index is 11.9. The molecular formula is C18H20N2O4. The van der Waals surface area contributed by atoms with Crippen molar-refractivity contribution in [2.45, 2.75) is 13.3 Å². The summed E-state index contributed by atoms with van der Waals surface area (Å²) in [6.07, 6.45) is 2.42. The number of hydrogen-bond donors (Lipinski definition) is 2. The minimum Gasteiger partial charge on any atom is -0.508 e. The summed E-state index contributed by atoms with van der Waals surface area (Å²) in [4.78, 5) is 11.9. The van der Waals surface area contributed by atoms with Gasteiger partial charge in [0.25, 0.3) is 5.91 Å². The lowest BCUT2D eigenvalue weighted by molar-refractivity contribution is 0.0954. The lowest BCUT2D eigenvalue weighted by atomic mass is 10.2. The molecule has 24 heavy (non-hydrogen) atoms. The predicted octanol–water partition coefficient (Wildman–Crippen LogP) is 2.95. The second-order valence-corrected chi connectivity index (χ2v) is 5.01. The van der Waals surface area contributed by atoms with E-state index in [-0.39, 0.29) is 5.75 Å². The lowest BCUT2D eigenvalue weighted by Gasteiger charge is -2.10. The number of phenols is 1. The van der Waals surface area contributed by atoms with Crippen molar-refractivity contribution in [2.75, 3.05) is 13.7 Å². The Hall–Kier alpha value is -3.02. The van der Waals surface area contributed by atoms with Crippen molar-refractivity contribution < 1.29 is 19.4 Å². The van der Waals surface area contributed by atoms with Gasteiger partial charge in [-0.25, -0.2) is 5.43 Å². The monoisotopic (exact) mass is 328 g/mol. The Labute approximate surface area is 140 Å². The third-order valence-corrected chi connectivity index (χ3v) is 3.14. The topological polar surface area (TPSA) is 80.2 Å². The number of hydrogen-bond acceptors (Lipinski definition) is 5. The maximum absolute atomic E-state index is 11.9. The van der Waals surface area contributed by atoms with Crippen LogP contribution in [0.1, 0.15) is 29.3 Å². The number of carbonyl (C=O) groups excluding carboxylic acids is 1. The van der Waals surface area contributed by atoms with Crippen LogP contribution in [0.4, 0.5) is 0 Å². The lowest BCUT2D eigenvalue weighted by Crippen LogP contribution is -2.17. The Morgan fingerprint density at radius 3 is 2.79 bits per heavy atom. The van der Waals surface area contributed by atoms with Crippen molar-refractivity contribution >= 4 is 12.1 Å². The number of amides is 1. The Bertz CT molecular complexity index is 729. The molecule has 0 heterocycles. The third kappa shape index (κ3) is 4.74. The third-order valence-electron chi connectivity index (χ3n) is 3.14. The molecule has 0 saturated carbocycles. The van der Waals surface area contributed by atoms with E-state index in [0.29, 0.717) is 23.7 Å². The molecule has 2 rings (SSSR count). The summed E-state index contributed by atoms with van der Waals surface area (Å²) in [5.41, 5.74) is 3.49. The SMILES string of the molecule is CCCOc1ccc(/C=N\NC(=O)c2cccc(O)c2)cc1OC. The number of nitrogens with zero attached hydrogens (tertiary/aromatic N) is 1. The van der Waals surface area contributed by atoms with E-state index in [1.54, 1.807) is 31.4 Å². The molecule has 0 aliphatic carbocycles. The number of benzene rings is 2. The summed E-state index contributed by atoms with van der Waals surface area (Å²) in [5, 5.41) is 13.3. The molecule has 2 N–H and O–H groups in total. The number of ether oxygens (including phenoxy) is 2. The molecule has 0 aromatic heterocycles. The largest absolute Gasteiger partial charge is 0.508 e. The van der Waals surface area contributed by atoms with Crippen LogP contribution in [0, 0.1) is 0 Å². The average molecular weight is 328 g/mol. The molecule has 0 atom stereocenters. The molecule has 0 bridgehead atoms. The second-order valence-electron chi connectivity index (χ2n) is 5.01. The zero-order valence-electron chi connectivity index (χ0n) is 13.7. The van der Waals surface area contributed by atoms with Crippen LogP contribution in [0.15, 0.2) is 47.6 Å². The zero-order valence-corrected chi connectivity index (χ0v) is 13.7. The van der Waals surface area contributed by atoms with Crippen LogP contribution in [0.5, 0.6) is 17.2 Å². The molecule has 0 fully saturated rings. The first-order valence-corrected chi connectivity index (χ1v) is 7.57. The quantitative estimate of drug-likeness (QED) is 0.605. The number of methoxy groups -OCH3 is 1. The standard InChI is InChI=1S/C18H20N2O4/c1-3-9-24-16-8-7-13(10-17(16)23-2)12-19-20-18(22)14-5-4-6-15(21)11-14/h4-8,10-12,21H,3,9H2,1-2H3,(H,20,22)/b19-12-. The number of aromatic hydroxyl groups is 1. The van der Waals surface area contributed by atoms with E-state index in [1.807, 2.05) is 13.0 Å². The fourth-order valence-electron chi connectivity index (χ4n) is 1.97. The Morgan fingerprint density at radius 1 is 1.25 bits per heavy atom. The number of phenolic OH excluding ortho intramolecular Hbond substituents is 1. The van der Waals surface area contributed by atoms with E-state index in [9.17, 15) is 9.90 Å². The second kappa shape index (κ2) is 8.57. The van der Waals surface area contributed by atoms with Gasteiger partial charge in [0, 0.05) is 5.56 Å². The van der Waals surface area contributed by atoms with Crippen LogP contribution in [-0.2, 0) is 0 Å². The van der Waals surface area contributed by atoms with Crippen LogP contribution in [0.25, 0.3) is 0 Å². The van der Waals surface area contributed by atoms with Crippen molar-refractivity contribution in [2.24, 2.45) is 5.10 Å². The summed E-state index contributed by atoms with van der Waals surface area (Å²) >= 11 is 0. The van der Waals surface area contributed by atoms with Gasteiger partial charge in [-0.3, -0.25) is 4.79 Å². The molecule has 126 valence electrons. The summed E-state index contributed by atoms with van der Waals surface area (Å²) in [6, 6.07) is 11.4. The molecule has 6 nitrogen and oxygen atoms in total. The van der Waals surface area contributed by atoms with Gasteiger partial charge >= 0.3 is 0 Å². The van der Waals surface area contributed by atoms with E-state index in [2.05, 4.69) is 10.5 Å². The minimum absolute atomic E-state index is 0.0269. The van der Waals surface area contributed by atoms with Crippen LogP contribution < -0.4 is 14.9 Å². The molecule has 0 aliphatic rings. The summed E-state index contributed by atoms with van der Waals surface area (Å²) in [5.74, 6) is 0.892. The summed E-state index contributed by atoms with van der Waals surface area (Å²) in [6.45, 7) is 2.65. The molecule has 2 aromatic carbocycles. The van der Waals surface area contributed by atoms with Gasteiger partial charge < -0.3 is 14.6 Å². The molecule has 0 radical (unpaired) electrons. The van der Waals surface area contributed by atoms with Gasteiger partial charge in [0.15, 0.2) is 11.5 Å². The number of nitrogens with one attached hydrogen (secondary N) is 1. The highest BCUT2D eigenvalue weighted by Gasteiger charge is 2.06. The van der Waals surface area contributed by atoms with Crippen LogP contribution >= 0.6 is 0 Å². The highest BCUT2D eigenvalue weighted by Crippen LogP contribution is 2.27. The highest BCUT2D eigenvalue weighted by molar-refractivity contribution is 5.95. The highest BCUT2D eigenvalue weighted by atomic mass is 16.5. The van der Waals surface area contributed by atoms with Gasteiger partial charge in [0.05, 0.1) is 19.9 Å². The molecule has 0 spiro atoms. The molecule has 2 aromatic rings. The molecule has 6 heteroatoms. The summed E-state index contributed by atoms with van der Waals surface area (Å²) < 4.78 is 10.9. The number of hydrazone groups is 1. The van der Waals surface area contributed by atoms with Crippen LogP contribution in [0.3, 0.4) is 0 Å². The first kappa shape index (κ1) is 17.3. The Balaban J connectivity index is 2.02. The fourth-order valence-corrected chi connectivity index (χ4v) is 1.97. The zero-order chi connectivity index (χ0) is 17.4. The van der Waals surface area contributed by atoms with E-state index >= 15 is 0 Å². The Morgan fingerprint density at radius 2 is 2.08 bits per heavy atom. The van der Waals surface area contributed by atoms with Gasteiger partial charge in [-0.2, -0.15) is 5.10 Å². The van der Waals surface area contributed by atoms with Crippen molar-refractivity contribution in [1.29, 1.82) is 0 Å². The van der Waals surface area contributed by atoms with Gasteiger partial charge in [-0.05, 0) is 48.4 Å². The van der Waals surface area contributed by atoms with Crippen molar-refractivity contribution in [1.82, 2.24) is 5.43 Å². The van der Waals surface area contributed by atoms with Gasteiger partial charge in [-0.1, -0.05) is 13.0 Å². The van der Waals surface area contributed by atoms with E-state index in [1.165, 1.54) is 18.3 Å². The van der Waals surface area contributed by atoms with Crippen molar-refractivity contribution in [3.8, 4) is 17.2 Å². The smallest absolute Gasteiger partial charge is 0.271 e. The van der Waals surface area contributed by atoms with Gasteiger partial charge in [0.2, 0.25) is 0 Å². The predicted molar refractivity (Wildman–Crippen MR) is 91.9 cm³/mol. The van der Waals surface area contributed by atoms with Crippen LogP contribution in [0.2, 0.25) is 0 Å². The number of rotatable bonds is 7. The molecule has 0 unspecified atom stereocenters. The summed E-state index contributed by atoms with van der Waals surface area (Å²) in [7, 11) is 1.57. The first-order chi connectivity index (χ1) is 11.6. The Kier molecular flexibility index (Phi) is 6.19. The first-order valence-electron chi connectivity index (χ1n) is 7.57. The molecule has 0 aliphatic heterocycles. The normalized spacial score (nSPS) is 10.6. The van der Waals surface area contributed by atoms with Gasteiger partial charge in [0.1, 0.15) is 5.75 Å². The molecular weight excluding hydrogens is 308 g/mol. The molecule has 1 amide bonds. The number of carbonyl (C=O) groups is 1. The van der Waals surface area contributed by atoms with E-state index in [4.69, 9.17) is 9.47 Å². The van der Waals surface area contributed by atoms with E-state index in [0.717, 1.165) is 12.0 Å². The van der Waals surface area contributed by atoms with E-state index < -0.39 is 5.91 Å². The van der Waals surface area contributed by atoms with Gasteiger partial charge in [-0.15, -0.1) is 0 Å². The van der Waals surface area contributed by atoms with Crippen molar-refractivity contribution in [3.05, 3.63) is 53.6 Å². The van der Waals surface area contributed by atoms with Crippen LogP contribution in [-0.4, -0.2) is 30.9 Å². The fraction of sp³-hybridized carbons (Fsp3) is 0.222. The maximum Gasteiger partial charge on any atom is 0.271 e. The van der Waals surface area contributed by atoms with Crippen molar-refractivity contribution in [3.63, 3.8) is 0 Å². The average Bonchev–Trinajstić information content (AvgIpc) is 2.60.